The van der Waals surface area contributed by atoms with Crippen LogP contribution in [0.2, 0.25) is 0 Å². The van der Waals surface area contributed by atoms with Crippen molar-refractivity contribution < 1.29 is 8.42 Å². The second kappa shape index (κ2) is 8.63. The second-order valence-electron chi connectivity index (χ2n) is 6.82. The van der Waals surface area contributed by atoms with Gasteiger partial charge in [0.25, 0.3) is 0 Å². The predicted molar refractivity (Wildman–Crippen MR) is 103 cm³/mol. The summed E-state index contributed by atoms with van der Waals surface area (Å²) < 4.78 is 26.3. The van der Waals surface area contributed by atoms with Gasteiger partial charge in [-0.2, -0.15) is 0 Å². The highest BCUT2D eigenvalue weighted by atomic mass is 32.2. The Labute approximate surface area is 151 Å². The highest BCUT2D eigenvalue weighted by Gasteiger charge is 2.28. The van der Waals surface area contributed by atoms with E-state index >= 15 is 0 Å². The van der Waals surface area contributed by atoms with Crippen LogP contribution in [0.4, 0.5) is 0 Å². The Hall–Kier alpha value is -1.65. The molecule has 4 heteroatoms. The number of hydrogen-bond donors (Lipinski definition) is 0. The first-order valence-electron chi connectivity index (χ1n) is 9.21. The van der Waals surface area contributed by atoms with E-state index in [2.05, 4.69) is 4.90 Å². The molecule has 0 radical (unpaired) electrons. The van der Waals surface area contributed by atoms with E-state index in [0.717, 1.165) is 30.8 Å². The molecular weight excluding hydrogens is 330 g/mol. The Morgan fingerprint density at radius 2 is 1.32 bits per heavy atom. The summed E-state index contributed by atoms with van der Waals surface area (Å²) in [4.78, 5) is 2.40. The molecule has 2 aromatic carbocycles. The normalized spacial score (nSPS) is 16.2. The molecule has 1 heterocycles. The topological polar surface area (TPSA) is 37.4 Å². The molecule has 2 aromatic rings. The number of rotatable bonds is 7. The van der Waals surface area contributed by atoms with Crippen molar-refractivity contribution in [3.8, 4) is 0 Å². The first-order valence-corrected chi connectivity index (χ1v) is 10.9. The smallest absolute Gasteiger partial charge is 0.161 e. The van der Waals surface area contributed by atoms with Gasteiger partial charge < -0.3 is 4.90 Å². The summed E-state index contributed by atoms with van der Waals surface area (Å²) in [5, 5.41) is -0.573. The highest BCUT2D eigenvalue weighted by Crippen LogP contribution is 2.31. The van der Waals surface area contributed by atoms with Gasteiger partial charge in [0.1, 0.15) is 5.25 Å². The van der Waals surface area contributed by atoms with E-state index in [1.807, 2.05) is 60.7 Å². The molecule has 1 fully saturated rings. The first-order chi connectivity index (χ1) is 12.2. The van der Waals surface area contributed by atoms with Crippen molar-refractivity contribution in [2.75, 3.05) is 25.4 Å². The van der Waals surface area contributed by atoms with E-state index in [0.29, 0.717) is 6.42 Å². The Balaban J connectivity index is 1.75. The van der Waals surface area contributed by atoms with Crippen LogP contribution in [0.5, 0.6) is 0 Å². The number of hydrogen-bond acceptors (Lipinski definition) is 3. The summed E-state index contributed by atoms with van der Waals surface area (Å²) >= 11 is 0. The molecule has 0 amide bonds. The Kier molecular flexibility index (Phi) is 6.27. The second-order valence-corrected chi connectivity index (χ2v) is 9.03. The van der Waals surface area contributed by atoms with Gasteiger partial charge in [-0.15, -0.1) is 0 Å². The number of likely N-dealkylation sites (tertiary alicyclic amines) is 1. The summed E-state index contributed by atoms with van der Waals surface area (Å²) in [5.41, 5.74) is 1.71. The minimum atomic E-state index is -3.26. The third-order valence-corrected chi connectivity index (χ3v) is 7.04. The summed E-state index contributed by atoms with van der Waals surface area (Å²) in [6.45, 7) is 3.11. The molecule has 0 bridgehead atoms. The molecule has 25 heavy (non-hydrogen) atoms. The lowest BCUT2D eigenvalue weighted by molar-refractivity contribution is 0.229. The van der Waals surface area contributed by atoms with Gasteiger partial charge in [-0.05, 0) is 50.0 Å². The Morgan fingerprint density at radius 1 is 0.800 bits per heavy atom. The maximum absolute atomic E-state index is 13.2. The maximum Gasteiger partial charge on any atom is 0.161 e. The molecule has 1 saturated heterocycles. The van der Waals surface area contributed by atoms with Crippen molar-refractivity contribution >= 4 is 9.84 Å². The van der Waals surface area contributed by atoms with Gasteiger partial charge in [-0.3, -0.25) is 0 Å². The van der Waals surface area contributed by atoms with Crippen LogP contribution in [-0.2, 0) is 9.84 Å². The van der Waals surface area contributed by atoms with Crippen LogP contribution in [0.25, 0.3) is 0 Å². The summed E-state index contributed by atoms with van der Waals surface area (Å²) in [6, 6.07) is 19.2. The van der Waals surface area contributed by atoms with Crippen molar-refractivity contribution in [3.63, 3.8) is 0 Å². The van der Waals surface area contributed by atoms with E-state index in [9.17, 15) is 8.42 Å². The molecule has 0 spiro atoms. The van der Waals surface area contributed by atoms with Gasteiger partial charge in [0.05, 0.1) is 5.75 Å². The van der Waals surface area contributed by atoms with Gasteiger partial charge in [-0.25, -0.2) is 8.42 Å². The summed E-state index contributed by atoms with van der Waals surface area (Å²) in [7, 11) is -3.26. The van der Waals surface area contributed by atoms with Crippen LogP contribution in [0, 0.1) is 0 Å². The number of piperidine rings is 1. The van der Waals surface area contributed by atoms with Crippen LogP contribution in [0.3, 0.4) is 0 Å². The fraction of sp³-hybridized carbons (Fsp3) is 0.429. The monoisotopic (exact) mass is 357 g/mol. The number of benzene rings is 2. The molecule has 3 nitrogen and oxygen atoms in total. The zero-order valence-electron chi connectivity index (χ0n) is 14.7. The molecular formula is C21H27NO2S. The van der Waals surface area contributed by atoms with Crippen LogP contribution < -0.4 is 0 Å². The molecule has 3 rings (SSSR count). The standard InChI is InChI=1S/C21H27NO2S/c23-25(24,18-10-17-22-15-8-3-9-16-22)21(19-11-4-1-5-12-19)20-13-6-2-7-14-20/h1-2,4-7,11-14,21H,3,8-10,15-18H2. The fourth-order valence-electron chi connectivity index (χ4n) is 3.65. The predicted octanol–water partition coefficient (Wildman–Crippen LogP) is 4.07. The van der Waals surface area contributed by atoms with E-state index in [1.165, 1.54) is 19.3 Å². The van der Waals surface area contributed by atoms with Gasteiger partial charge in [-0.1, -0.05) is 67.1 Å². The zero-order chi connectivity index (χ0) is 17.5. The quantitative estimate of drug-likeness (QED) is 0.750. The van der Waals surface area contributed by atoms with Crippen LogP contribution in [-0.4, -0.2) is 38.7 Å². The molecule has 0 atom stereocenters. The van der Waals surface area contributed by atoms with Crippen LogP contribution in [0.15, 0.2) is 60.7 Å². The molecule has 0 N–H and O–H groups in total. The molecule has 0 aliphatic carbocycles. The van der Waals surface area contributed by atoms with Crippen molar-refractivity contribution in [1.29, 1.82) is 0 Å². The lowest BCUT2D eigenvalue weighted by Crippen LogP contribution is -2.32. The van der Waals surface area contributed by atoms with Crippen molar-refractivity contribution in [2.45, 2.75) is 30.9 Å². The van der Waals surface area contributed by atoms with Crippen LogP contribution >= 0.6 is 0 Å². The fourth-order valence-corrected chi connectivity index (χ4v) is 5.56. The third-order valence-electron chi connectivity index (χ3n) is 4.92. The summed E-state index contributed by atoms with van der Waals surface area (Å²) in [6.07, 6.45) is 4.49. The SMILES string of the molecule is O=S(=O)(CCCN1CCCCC1)C(c1ccccc1)c1ccccc1. The Bertz CT molecular complexity index is 698. The van der Waals surface area contributed by atoms with E-state index in [-0.39, 0.29) is 5.75 Å². The number of nitrogens with zero attached hydrogens (tertiary/aromatic N) is 1. The van der Waals surface area contributed by atoms with Gasteiger partial charge in [0.15, 0.2) is 9.84 Å². The van der Waals surface area contributed by atoms with Gasteiger partial charge in [0.2, 0.25) is 0 Å². The largest absolute Gasteiger partial charge is 0.303 e. The van der Waals surface area contributed by atoms with Crippen LogP contribution in [0.1, 0.15) is 42.1 Å². The average Bonchev–Trinajstić information content (AvgIpc) is 2.64. The van der Waals surface area contributed by atoms with E-state index < -0.39 is 15.1 Å². The van der Waals surface area contributed by atoms with E-state index in [4.69, 9.17) is 0 Å². The van der Waals surface area contributed by atoms with Crippen molar-refractivity contribution in [1.82, 2.24) is 4.90 Å². The van der Waals surface area contributed by atoms with Crippen molar-refractivity contribution in [2.24, 2.45) is 0 Å². The molecule has 0 saturated carbocycles. The van der Waals surface area contributed by atoms with Gasteiger partial charge >= 0.3 is 0 Å². The molecule has 134 valence electrons. The minimum Gasteiger partial charge on any atom is -0.303 e. The highest BCUT2D eigenvalue weighted by molar-refractivity contribution is 7.91. The molecule has 1 aliphatic rings. The molecule has 1 aliphatic heterocycles. The maximum atomic E-state index is 13.2. The first kappa shape index (κ1) is 18.2. The minimum absolute atomic E-state index is 0.234. The Morgan fingerprint density at radius 3 is 1.84 bits per heavy atom. The van der Waals surface area contributed by atoms with Gasteiger partial charge in [0, 0.05) is 0 Å². The average molecular weight is 358 g/mol. The third kappa shape index (κ3) is 4.93. The zero-order valence-corrected chi connectivity index (χ0v) is 15.5. The van der Waals surface area contributed by atoms with Crippen molar-refractivity contribution in [3.05, 3.63) is 71.8 Å². The summed E-state index contributed by atoms with van der Waals surface area (Å²) in [5.74, 6) is 0.234. The number of sulfone groups is 1. The molecule has 0 aromatic heterocycles. The lowest BCUT2D eigenvalue weighted by atomic mass is 10.0. The molecule has 0 unspecified atom stereocenters. The lowest BCUT2D eigenvalue weighted by Gasteiger charge is -2.26. The van der Waals surface area contributed by atoms with E-state index in [1.54, 1.807) is 0 Å².